The van der Waals surface area contributed by atoms with E-state index in [2.05, 4.69) is 0 Å². The van der Waals surface area contributed by atoms with Crippen LogP contribution in [0.25, 0.3) is 0 Å². The summed E-state index contributed by atoms with van der Waals surface area (Å²) in [4.78, 5) is 11.4. The number of methoxy groups -OCH3 is 1. The van der Waals surface area contributed by atoms with Crippen molar-refractivity contribution in [3.05, 3.63) is 11.6 Å². The van der Waals surface area contributed by atoms with E-state index in [9.17, 15) is 4.79 Å². The number of rotatable bonds is 11. The molecule has 0 aromatic rings. The Morgan fingerprint density at radius 2 is 1.78 bits per heavy atom. The summed E-state index contributed by atoms with van der Waals surface area (Å²) in [5, 5.41) is 0. The lowest BCUT2D eigenvalue weighted by molar-refractivity contribution is -0.140. The summed E-state index contributed by atoms with van der Waals surface area (Å²) >= 11 is 0. The van der Waals surface area contributed by atoms with Crippen molar-refractivity contribution in [2.24, 2.45) is 0 Å². The molecule has 18 heavy (non-hydrogen) atoms. The Morgan fingerprint density at radius 3 is 2.44 bits per heavy atom. The Balaban J connectivity index is 3.54. The summed E-state index contributed by atoms with van der Waals surface area (Å²) in [7, 11) is 1.57. The number of carbonyl (C=O) groups excluding carboxylic acids is 1. The maximum absolute atomic E-state index is 11.4. The molecule has 0 rings (SSSR count). The molecule has 0 aromatic carbocycles. The molecule has 0 saturated heterocycles. The number of esters is 1. The van der Waals surface area contributed by atoms with E-state index >= 15 is 0 Å². The quantitative estimate of drug-likeness (QED) is 0.320. The minimum atomic E-state index is -0.304. The summed E-state index contributed by atoms with van der Waals surface area (Å²) < 4.78 is 20.2. The first kappa shape index (κ1) is 17.1. The normalized spacial score (nSPS) is 11.6. The fourth-order valence-corrected chi connectivity index (χ4v) is 1.14. The molecular weight excluding hydrogens is 236 g/mol. The Labute approximate surface area is 109 Å². The first-order valence-corrected chi connectivity index (χ1v) is 6.20. The minimum Gasteiger partial charge on any atom is -0.460 e. The van der Waals surface area contributed by atoms with Crippen molar-refractivity contribution in [2.45, 2.75) is 20.3 Å². The van der Waals surface area contributed by atoms with E-state index in [0.29, 0.717) is 45.0 Å². The maximum Gasteiger partial charge on any atom is 0.333 e. The van der Waals surface area contributed by atoms with Gasteiger partial charge >= 0.3 is 5.97 Å². The van der Waals surface area contributed by atoms with Crippen molar-refractivity contribution in [3.8, 4) is 0 Å². The zero-order valence-corrected chi connectivity index (χ0v) is 11.6. The van der Waals surface area contributed by atoms with Crippen LogP contribution in [0.5, 0.6) is 0 Å². The van der Waals surface area contributed by atoms with Crippen LogP contribution in [0.15, 0.2) is 11.6 Å². The van der Waals surface area contributed by atoms with Gasteiger partial charge in [-0.2, -0.15) is 0 Å². The van der Waals surface area contributed by atoms with Gasteiger partial charge in [0.1, 0.15) is 6.61 Å². The summed E-state index contributed by atoms with van der Waals surface area (Å²) in [6.45, 7) is 6.85. The average Bonchev–Trinajstić information content (AvgIpc) is 2.37. The van der Waals surface area contributed by atoms with Gasteiger partial charge in [-0.25, -0.2) is 4.79 Å². The third kappa shape index (κ3) is 10.3. The molecule has 0 radical (unpaired) electrons. The SMILES string of the molecule is CCOCCOCCC=C(C)C(=O)OCCOC. The highest BCUT2D eigenvalue weighted by Gasteiger charge is 2.04. The van der Waals surface area contributed by atoms with E-state index in [1.165, 1.54) is 0 Å². The summed E-state index contributed by atoms with van der Waals surface area (Å²) in [5.41, 5.74) is 0.597. The Bertz CT molecular complexity index is 238. The van der Waals surface area contributed by atoms with Gasteiger partial charge < -0.3 is 18.9 Å². The van der Waals surface area contributed by atoms with Crippen LogP contribution in [0.4, 0.5) is 0 Å². The van der Waals surface area contributed by atoms with Crippen LogP contribution < -0.4 is 0 Å². The van der Waals surface area contributed by atoms with Gasteiger partial charge in [-0.15, -0.1) is 0 Å². The van der Waals surface area contributed by atoms with Gasteiger partial charge in [0.05, 0.1) is 26.4 Å². The highest BCUT2D eigenvalue weighted by Crippen LogP contribution is 1.99. The van der Waals surface area contributed by atoms with Crippen molar-refractivity contribution in [1.82, 2.24) is 0 Å². The van der Waals surface area contributed by atoms with E-state index in [0.717, 1.165) is 0 Å². The van der Waals surface area contributed by atoms with E-state index in [-0.39, 0.29) is 12.6 Å². The highest BCUT2D eigenvalue weighted by atomic mass is 16.6. The fourth-order valence-electron chi connectivity index (χ4n) is 1.14. The smallest absolute Gasteiger partial charge is 0.333 e. The number of carbonyl (C=O) groups is 1. The van der Waals surface area contributed by atoms with E-state index < -0.39 is 0 Å². The van der Waals surface area contributed by atoms with Crippen molar-refractivity contribution in [2.75, 3.05) is 46.8 Å². The first-order valence-electron chi connectivity index (χ1n) is 6.20. The van der Waals surface area contributed by atoms with Crippen LogP contribution in [0.2, 0.25) is 0 Å². The maximum atomic E-state index is 11.4. The lowest BCUT2D eigenvalue weighted by Crippen LogP contribution is -2.10. The molecule has 0 N–H and O–H groups in total. The van der Waals surface area contributed by atoms with Crippen molar-refractivity contribution in [1.29, 1.82) is 0 Å². The molecule has 0 amide bonds. The largest absolute Gasteiger partial charge is 0.460 e. The molecule has 0 fully saturated rings. The van der Waals surface area contributed by atoms with Crippen LogP contribution in [0, 0.1) is 0 Å². The number of hydrogen-bond donors (Lipinski definition) is 0. The third-order valence-corrected chi connectivity index (χ3v) is 2.13. The fraction of sp³-hybridized carbons (Fsp3) is 0.769. The molecule has 0 aliphatic rings. The molecule has 0 aliphatic heterocycles. The second-order valence-corrected chi connectivity index (χ2v) is 3.61. The lowest BCUT2D eigenvalue weighted by atomic mass is 10.2. The third-order valence-electron chi connectivity index (χ3n) is 2.13. The van der Waals surface area contributed by atoms with E-state index in [1.807, 2.05) is 13.0 Å². The van der Waals surface area contributed by atoms with Gasteiger partial charge in [-0.05, 0) is 20.3 Å². The van der Waals surface area contributed by atoms with E-state index in [1.54, 1.807) is 14.0 Å². The standard InChI is InChI=1S/C13H24O5/c1-4-16-9-10-17-7-5-6-12(2)13(14)18-11-8-15-3/h6H,4-5,7-11H2,1-3H3. The van der Waals surface area contributed by atoms with Gasteiger partial charge in [0, 0.05) is 19.3 Å². The second kappa shape index (κ2) is 12.5. The average molecular weight is 260 g/mol. The van der Waals surface area contributed by atoms with Gasteiger partial charge in [0.2, 0.25) is 0 Å². The zero-order chi connectivity index (χ0) is 13.6. The molecule has 106 valence electrons. The summed E-state index contributed by atoms with van der Waals surface area (Å²) in [6, 6.07) is 0. The lowest BCUT2D eigenvalue weighted by Gasteiger charge is -2.05. The van der Waals surface area contributed by atoms with Crippen molar-refractivity contribution < 1.29 is 23.7 Å². The molecule has 0 spiro atoms. The van der Waals surface area contributed by atoms with Gasteiger partial charge in [-0.1, -0.05) is 6.08 Å². The van der Waals surface area contributed by atoms with Crippen LogP contribution in [-0.2, 0) is 23.7 Å². The molecule has 0 atom stereocenters. The molecule has 0 aliphatic carbocycles. The number of hydrogen-bond acceptors (Lipinski definition) is 5. The minimum absolute atomic E-state index is 0.283. The molecule has 0 bridgehead atoms. The van der Waals surface area contributed by atoms with Crippen LogP contribution in [0.3, 0.4) is 0 Å². The van der Waals surface area contributed by atoms with E-state index in [4.69, 9.17) is 18.9 Å². The first-order chi connectivity index (χ1) is 8.72. The molecule has 0 heterocycles. The summed E-state index contributed by atoms with van der Waals surface area (Å²) in [6.07, 6.45) is 2.51. The van der Waals surface area contributed by atoms with Gasteiger partial charge in [0.15, 0.2) is 0 Å². The second-order valence-electron chi connectivity index (χ2n) is 3.61. The molecule has 5 nitrogen and oxygen atoms in total. The Hall–Kier alpha value is -0.910. The van der Waals surface area contributed by atoms with Gasteiger partial charge in [0.25, 0.3) is 0 Å². The Morgan fingerprint density at radius 1 is 1.06 bits per heavy atom. The predicted octanol–water partition coefficient (Wildman–Crippen LogP) is 1.57. The molecule has 0 saturated carbocycles. The summed E-state index contributed by atoms with van der Waals surface area (Å²) in [5.74, 6) is -0.304. The van der Waals surface area contributed by atoms with Crippen molar-refractivity contribution >= 4 is 5.97 Å². The molecular formula is C13H24O5. The molecule has 0 aromatic heterocycles. The topological polar surface area (TPSA) is 54.0 Å². The van der Waals surface area contributed by atoms with Crippen LogP contribution in [0.1, 0.15) is 20.3 Å². The van der Waals surface area contributed by atoms with Crippen molar-refractivity contribution in [3.63, 3.8) is 0 Å². The number of ether oxygens (including phenoxy) is 4. The molecule has 5 heteroatoms. The van der Waals surface area contributed by atoms with Crippen LogP contribution in [-0.4, -0.2) is 52.7 Å². The zero-order valence-electron chi connectivity index (χ0n) is 11.6. The van der Waals surface area contributed by atoms with Gasteiger partial charge in [-0.3, -0.25) is 0 Å². The predicted molar refractivity (Wildman–Crippen MR) is 68.5 cm³/mol. The van der Waals surface area contributed by atoms with Crippen LogP contribution >= 0.6 is 0 Å². The monoisotopic (exact) mass is 260 g/mol. The highest BCUT2D eigenvalue weighted by molar-refractivity contribution is 5.87. The molecule has 0 unspecified atom stereocenters. The Kier molecular flexibility index (Phi) is 11.9.